The van der Waals surface area contributed by atoms with E-state index in [4.69, 9.17) is 16.5 Å². The molecule has 0 aliphatic carbocycles. The van der Waals surface area contributed by atoms with Crippen LogP contribution >= 0.6 is 31.6 Å². The molecular formula is C8H7ClF3O6PS2. The van der Waals surface area contributed by atoms with Crippen molar-refractivity contribution in [3.05, 3.63) is 23.2 Å². The van der Waals surface area contributed by atoms with Crippen molar-refractivity contribution in [2.45, 2.75) is 15.3 Å². The van der Waals surface area contributed by atoms with E-state index >= 15 is 0 Å². The summed E-state index contributed by atoms with van der Waals surface area (Å²) in [6.07, 6.45) is 0. The maximum Gasteiger partial charge on any atom is 0.446 e. The summed E-state index contributed by atoms with van der Waals surface area (Å²) in [7, 11) is -8.15. The Morgan fingerprint density at radius 3 is 2.52 bits per heavy atom. The molecule has 0 aromatic heterocycles. The molecule has 1 unspecified atom stereocenters. The van der Waals surface area contributed by atoms with Crippen molar-refractivity contribution in [2.75, 3.05) is 6.79 Å². The fraction of sp³-hybridized carbons (Fsp3) is 0.250. The van der Waals surface area contributed by atoms with Gasteiger partial charge in [-0.3, -0.25) is 9.09 Å². The molecule has 0 radical (unpaired) electrons. The van der Waals surface area contributed by atoms with Crippen LogP contribution in [0.3, 0.4) is 0 Å². The summed E-state index contributed by atoms with van der Waals surface area (Å²) >= 11 is 4.92. The van der Waals surface area contributed by atoms with E-state index in [-0.39, 0.29) is 0 Å². The lowest BCUT2D eigenvalue weighted by Gasteiger charge is -2.12. The fourth-order valence-electron chi connectivity index (χ4n) is 1.13. The van der Waals surface area contributed by atoms with Gasteiger partial charge in [0.25, 0.3) is 0 Å². The second-order valence-corrected chi connectivity index (χ2v) is 7.10. The molecule has 1 aromatic carbocycles. The predicted molar refractivity (Wildman–Crippen MR) is 68.8 cm³/mol. The van der Waals surface area contributed by atoms with Crippen LogP contribution in [0.4, 0.5) is 13.2 Å². The summed E-state index contributed by atoms with van der Waals surface area (Å²) < 4.78 is 79.2. The van der Waals surface area contributed by atoms with Gasteiger partial charge in [0.1, 0.15) is 4.90 Å². The average Bonchev–Trinajstić information content (AvgIpc) is 2.25. The zero-order valence-electron chi connectivity index (χ0n) is 9.76. The Bertz CT molecular complexity index is 635. The molecule has 0 saturated heterocycles. The topological polar surface area (TPSA) is 89.9 Å². The van der Waals surface area contributed by atoms with E-state index in [2.05, 4.69) is 8.71 Å². The maximum atomic E-state index is 12.4. The van der Waals surface area contributed by atoms with Crippen molar-refractivity contribution >= 4 is 41.7 Å². The summed E-state index contributed by atoms with van der Waals surface area (Å²) in [6, 6.07) is 3.10. The van der Waals surface area contributed by atoms with Crippen molar-refractivity contribution in [3.8, 4) is 0 Å². The zero-order chi connectivity index (χ0) is 16.3. The molecule has 1 aromatic rings. The summed E-state index contributed by atoms with van der Waals surface area (Å²) in [6.45, 7) is -1.13. The average molecular weight is 387 g/mol. The van der Waals surface area contributed by atoms with Crippen LogP contribution in [-0.4, -0.2) is 25.6 Å². The Balaban J connectivity index is 3.12. The molecular weight excluding hydrogens is 380 g/mol. The lowest BCUT2D eigenvalue weighted by molar-refractivity contribution is -0.0328. The zero-order valence-corrected chi connectivity index (χ0v) is 13.1. The Morgan fingerprint density at radius 1 is 1.38 bits per heavy atom. The Kier molecular flexibility index (Phi) is 6.54. The number of alkyl halides is 3. The van der Waals surface area contributed by atoms with Crippen LogP contribution < -0.4 is 0 Å². The van der Waals surface area contributed by atoms with E-state index < -0.39 is 57.2 Å². The van der Waals surface area contributed by atoms with Crippen molar-refractivity contribution in [3.63, 3.8) is 0 Å². The van der Waals surface area contributed by atoms with Gasteiger partial charge in [0.05, 0.1) is 5.02 Å². The number of hydrogen-bond acceptors (Lipinski definition) is 6. The third kappa shape index (κ3) is 6.15. The molecule has 0 fully saturated rings. The molecule has 0 bridgehead atoms. The highest BCUT2D eigenvalue weighted by molar-refractivity contribution is 8.00. The first-order valence-electron chi connectivity index (χ1n) is 4.82. The van der Waals surface area contributed by atoms with Crippen LogP contribution in [0.1, 0.15) is 0 Å². The lowest BCUT2D eigenvalue weighted by atomic mass is 10.4. The van der Waals surface area contributed by atoms with Gasteiger partial charge in [-0.25, -0.2) is 4.18 Å². The van der Waals surface area contributed by atoms with Crippen LogP contribution in [-0.2, 0) is 23.4 Å². The molecule has 21 heavy (non-hydrogen) atoms. The molecule has 13 heteroatoms. The SMILES string of the molecule is O=[PH](O)OCOS(=O)(=O)c1c(Cl)cccc1SC(F)(F)F. The standard InChI is InChI=1S/C8H7ClF3O6PS2/c9-5-2-1-3-6(20-8(10,11)12)7(5)21(15,16)18-4-17-19(13)14/h1-3,19H,4H2,(H,13,14). The third-order valence-corrected chi connectivity index (χ3v) is 4.85. The fourth-order valence-corrected chi connectivity index (χ4v) is 3.84. The van der Waals surface area contributed by atoms with Crippen molar-refractivity contribution in [1.82, 2.24) is 0 Å². The van der Waals surface area contributed by atoms with Crippen LogP contribution in [0.15, 0.2) is 28.0 Å². The Morgan fingerprint density at radius 2 is 2.00 bits per heavy atom. The molecule has 0 heterocycles. The highest BCUT2D eigenvalue weighted by Crippen LogP contribution is 2.42. The van der Waals surface area contributed by atoms with Crippen LogP contribution in [0, 0.1) is 0 Å². The van der Waals surface area contributed by atoms with Gasteiger partial charge in [0, 0.05) is 4.90 Å². The first-order chi connectivity index (χ1) is 9.53. The number of thioether (sulfide) groups is 1. The van der Waals surface area contributed by atoms with Gasteiger partial charge in [-0.05, 0) is 23.9 Å². The molecule has 0 aliphatic rings. The van der Waals surface area contributed by atoms with Crippen LogP contribution in [0.5, 0.6) is 0 Å². The normalized spacial score (nSPS) is 14.1. The minimum Gasteiger partial charge on any atom is -0.326 e. The smallest absolute Gasteiger partial charge is 0.326 e. The molecule has 0 saturated carbocycles. The van der Waals surface area contributed by atoms with E-state index in [1.165, 1.54) is 0 Å². The molecule has 120 valence electrons. The van der Waals surface area contributed by atoms with E-state index in [1.54, 1.807) is 0 Å². The molecule has 0 spiro atoms. The third-order valence-electron chi connectivity index (χ3n) is 1.79. The van der Waals surface area contributed by atoms with Gasteiger partial charge < -0.3 is 4.89 Å². The minimum absolute atomic E-state index is 0.485. The van der Waals surface area contributed by atoms with Crippen LogP contribution in [0.25, 0.3) is 0 Å². The molecule has 1 atom stereocenters. The van der Waals surface area contributed by atoms with Gasteiger partial charge in [0.2, 0.25) is 0 Å². The number of halogens is 4. The van der Waals surface area contributed by atoms with Gasteiger partial charge in [-0.1, -0.05) is 17.7 Å². The van der Waals surface area contributed by atoms with Gasteiger partial charge >= 0.3 is 23.9 Å². The van der Waals surface area contributed by atoms with Crippen molar-refractivity contribution in [2.24, 2.45) is 0 Å². The summed E-state index contributed by atoms with van der Waals surface area (Å²) in [5.41, 5.74) is -4.73. The highest BCUT2D eigenvalue weighted by atomic mass is 35.5. The predicted octanol–water partition coefficient (Wildman–Crippen LogP) is 3.01. The van der Waals surface area contributed by atoms with E-state index in [9.17, 15) is 26.2 Å². The monoisotopic (exact) mass is 386 g/mol. The molecule has 6 nitrogen and oxygen atoms in total. The van der Waals surface area contributed by atoms with E-state index in [0.717, 1.165) is 18.2 Å². The van der Waals surface area contributed by atoms with Gasteiger partial charge in [-0.15, -0.1) is 0 Å². The van der Waals surface area contributed by atoms with Crippen molar-refractivity contribution in [1.29, 1.82) is 0 Å². The lowest BCUT2D eigenvalue weighted by Crippen LogP contribution is -2.11. The van der Waals surface area contributed by atoms with E-state index in [0.29, 0.717) is 0 Å². The van der Waals surface area contributed by atoms with Gasteiger partial charge in [0.15, 0.2) is 6.79 Å². The highest BCUT2D eigenvalue weighted by Gasteiger charge is 2.34. The minimum atomic E-state index is -4.73. The number of benzene rings is 1. The molecule has 0 amide bonds. The number of rotatable bonds is 6. The second-order valence-electron chi connectivity index (χ2n) is 3.21. The maximum absolute atomic E-state index is 12.4. The summed E-state index contributed by atoms with van der Waals surface area (Å²) in [4.78, 5) is 6.77. The van der Waals surface area contributed by atoms with Crippen molar-refractivity contribution < 1.29 is 39.8 Å². The first-order valence-corrected chi connectivity index (χ1v) is 8.69. The summed E-state index contributed by atoms with van der Waals surface area (Å²) in [5.74, 6) is 0. The van der Waals surface area contributed by atoms with Crippen LogP contribution in [0.2, 0.25) is 5.02 Å². The second kappa shape index (κ2) is 7.32. The largest absolute Gasteiger partial charge is 0.446 e. The summed E-state index contributed by atoms with van der Waals surface area (Å²) in [5, 5.41) is -0.485. The quantitative estimate of drug-likeness (QED) is 0.348. The Hall–Kier alpha value is -0.290. The van der Waals surface area contributed by atoms with Gasteiger partial charge in [-0.2, -0.15) is 21.6 Å². The molecule has 1 rings (SSSR count). The first kappa shape index (κ1) is 18.8. The molecule has 0 aliphatic heterocycles. The Labute approximate surface area is 127 Å². The number of hydrogen-bond donors (Lipinski definition) is 1. The van der Waals surface area contributed by atoms with E-state index in [1.807, 2.05) is 0 Å². The molecule has 1 N–H and O–H groups in total.